The smallest absolute Gasteiger partial charge is 0.0900 e. The van der Waals surface area contributed by atoms with Crippen molar-refractivity contribution in [1.82, 2.24) is 9.97 Å². The van der Waals surface area contributed by atoms with Crippen molar-refractivity contribution in [3.63, 3.8) is 0 Å². The third kappa shape index (κ3) is 5.18. The molecule has 2 heterocycles. The second-order valence-corrected chi connectivity index (χ2v) is 11.7. The van der Waals surface area contributed by atoms with Crippen molar-refractivity contribution in [1.29, 1.82) is 0 Å². The van der Waals surface area contributed by atoms with Crippen molar-refractivity contribution in [2.75, 3.05) is 0 Å². The van der Waals surface area contributed by atoms with E-state index in [0.29, 0.717) is 0 Å². The minimum Gasteiger partial charge on any atom is -0.255 e. The fraction of sp³-hybridized carbons (Fsp3) is 0.0227. The molecule has 0 amide bonds. The lowest BCUT2D eigenvalue weighted by molar-refractivity contribution is 1.21. The molecule has 6 aromatic carbocycles. The fourth-order valence-electron chi connectivity index (χ4n) is 6.63. The van der Waals surface area contributed by atoms with E-state index in [0.717, 1.165) is 39.5 Å². The highest BCUT2D eigenvalue weighted by Gasteiger charge is 2.14. The largest absolute Gasteiger partial charge is 0.255 e. The summed E-state index contributed by atoms with van der Waals surface area (Å²) in [5.41, 5.74) is 10.1. The molecule has 0 aliphatic heterocycles. The van der Waals surface area contributed by atoms with Crippen LogP contribution in [0.3, 0.4) is 0 Å². The molecule has 0 aliphatic rings. The summed E-state index contributed by atoms with van der Waals surface area (Å²) in [5.74, 6) is 0. The molecule has 0 fully saturated rings. The van der Waals surface area contributed by atoms with E-state index in [-0.39, 0.29) is 0 Å². The van der Waals surface area contributed by atoms with E-state index in [1.165, 1.54) is 49.0 Å². The van der Waals surface area contributed by atoms with Gasteiger partial charge in [0.25, 0.3) is 0 Å². The lowest BCUT2D eigenvalue weighted by Crippen LogP contribution is -1.95. The van der Waals surface area contributed by atoms with Gasteiger partial charge in [-0.1, -0.05) is 116 Å². The van der Waals surface area contributed by atoms with Crippen LogP contribution >= 0.6 is 0 Å². The molecule has 2 aromatic heterocycles. The fourth-order valence-corrected chi connectivity index (χ4v) is 6.63. The second-order valence-electron chi connectivity index (χ2n) is 11.7. The maximum absolute atomic E-state index is 4.96. The van der Waals surface area contributed by atoms with Crippen molar-refractivity contribution in [2.45, 2.75) is 6.92 Å². The summed E-state index contributed by atoms with van der Waals surface area (Å²) >= 11 is 0. The Labute approximate surface area is 274 Å². The molecule has 0 saturated carbocycles. The first-order valence-corrected chi connectivity index (χ1v) is 15.8. The van der Waals surface area contributed by atoms with Crippen LogP contribution in [-0.2, 0) is 0 Å². The number of hydrogen-bond acceptors (Lipinski definition) is 3. The Hall–Kier alpha value is -6.19. The Bertz CT molecular complexity index is 2470. The zero-order valence-corrected chi connectivity index (χ0v) is 26.1. The number of benzene rings is 6. The Kier molecular flexibility index (Phi) is 7.20. The summed E-state index contributed by atoms with van der Waals surface area (Å²) in [7, 11) is 0. The number of hydrogen-bond donors (Lipinski definition) is 0. The van der Waals surface area contributed by atoms with Gasteiger partial charge in [0.15, 0.2) is 0 Å². The summed E-state index contributed by atoms with van der Waals surface area (Å²) in [4.78, 5) is 14.1. The third-order valence-electron chi connectivity index (χ3n) is 8.84. The quantitative estimate of drug-likeness (QED) is 0.135. The molecule has 0 atom stereocenters. The van der Waals surface area contributed by atoms with Crippen LogP contribution in [-0.4, -0.2) is 16.2 Å². The van der Waals surface area contributed by atoms with E-state index in [1.54, 1.807) is 18.5 Å². The highest BCUT2D eigenvalue weighted by Crippen LogP contribution is 2.40. The van der Waals surface area contributed by atoms with Gasteiger partial charge in [0.05, 0.1) is 22.8 Å². The standard InChI is InChI=1S/C44H31N3/c1-3-23-45-39(4-2)41-27-36(28-42(47-41)40-16-5-6-24-46-40)34-14-8-12-32(25-34)33-13-9-15-35(26-33)37-21-19-31-18-17-29-10-7-11-30-20-22-38(37)44(31)43(29)30/h3-28H,1H2,2H3/b39-4-,45-23-. The van der Waals surface area contributed by atoms with Crippen LogP contribution in [0, 0.1) is 0 Å². The number of rotatable bonds is 7. The van der Waals surface area contributed by atoms with Gasteiger partial charge in [0.2, 0.25) is 0 Å². The average Bonchev–Trinajstić information content (AvgIpc) is 3.14. The Morgan fingerprint density at radius 1 is 0.596 bits per heavy atom. The van der Waals surface area contributed by atoms with Crippen molar-refractivity contribution in [3.8, 4) is 44.8 Å². The summed E-state index contributed by atoms with van der Waals surface area (Å²) in [6.07, 6.45) is 7.13. The zero-order chi connectivity index (χ0) is 31.7. The van der Waals surface area contributed by atoms with Crippen LogP contribution in [0.5, 0.6) is 0 Å². The van der Waals surface area contributed by atoms with E-state index in [1.807, 2.05) is 31.2 Å². The predicted octanol–water partition coefficient (Wildman–Crippen LogP) is 11.7. The highest BCUT2D eigenvalue weighted by atomic mass is 14.8. The summed E-state index contributed by atoms with van der Waals surface area (Å²) < 4.78 is 0. The van der Waals surface area contributed by atoms with E-state index in [2.05, 4.69) is 132 Å². The first-order valence-electron chi connectivity index (χ1n) is 15.8. The molecule has 0 N–H and O–H groups in total. The zero-order valence-electron chi connectivity index (χ0n) is 26.1. The van der Waals surface area contributed by atoms with Crippen LogP contribution in [0.1, 0.15) is 12.6 Å². The molecule has 0 spiro atoms. The van der Waals surface area contributed by atoms with E-state index in [4.69, 9.17) is 4.98 Å². The van der Waals surface area contributed by atoms with Gasteiger partial charge in [0.1, 0.15) is 0 Å². The average molecular weight is 602 g/mol. The SMILES string of the molecule is C=C/C=N\C(=C/C)c1cc(-c2cccc(-c3cccc(-c4ccc5ccc6cccc7ccc4c5c67)c3)c2)cc(-c2ccccn2)n1. The Morgan fingerprint density at radius 3 is 1.98 bits per heavy atom. The molecule has 0 aliphatic carbocycles. The molecule has 0 unspecified atom stereocenters. The predicted molar refractivity (Wildman–Crippen MR) is 200 cm³/mol. The van der Waals surface area contributed by atoms with Crippen LogP contribution < -0.4 is 0 Å². The molecule has 8 aromatic rings. The second kappa shape index (κ2) is 12.0. The van der Waals surface area contributed by atoms with Crippen LogP contribution in [0.15, 0.2) is 163 Å². The van der Waals surface area contributed by atoms with Crippen LogP contribution in [0.25, 0.3) is 82.8 Å². The summed E-state index contributed by atoms with van der Waals surface area (Å²) in [6, 6.07) is 47.8. The number of allylic oxidation sites excluding steroid dienone is 2. The summed E-state index contributed by atoms with van der Waals surface area (Å²) in [6.45, 7) is 5.75. The molecule has 0 radical (unpaired) electrons. The highest BCUT2D eigenvalue weighted by molar-refractivity contribution is 6.25. The molecule has 8 rings (SSSR count). The van der Waals surface area contributed by atoms with E-state index in [9.17, 15) is 0 Å². The Morgan fingerprint density at radius 2 is 1.26 bits per heavy atom. The van der Waals surface area contributed by atoms with Gasteiger partial charge in [-0.25, -0.2) is 4.98 Å². The van der Waals surface area contributed by atoms with Crippen molar-refractivity contribution < 1.29 is 0 Å². The van der Waals surface area contributed by atoms with Gasteiger partial charge in [0, 0.05) is 12.4 Å². The summed E-state index contributed by atoms with van der Waals surface area (Å²) in [5, 5.41) is 7.79. The van der Waals surface area contributed by atoms with Crippen LogP contribution in [0.4, 0.5) is 0 Å². The first-order chi connectivity index (χ1) is 23.2. The van der Waals surface area contributed by atoms with E-state index >= 15 is 0 Å². The van der Waals surface area contributed by atoms with Gasteiger partial charge in [-0.15, -0.1) is 0 Å². The van der Waals surface area contributed by atoms with E-state index < -0.39 is 0 Å². The van der Waals surface area contributed by atoms with Crippen LogP contribution in [0.2, 0.25) is 0 Å². The number of nitrogens with zero attached hydrogens (tertiary/aromatic N) is 3. The molecule has 222 valence electrons. The lowest BCUT2D eigenvalue weighted by atomic mass is 9.89. The maximum atomic E-state index is 4.96. The van der Waals surface area contributed by atoms with Gasteiger partial charge in [-0.05, 0) is 109 Å². The monoisotopic (exact) mass is 601 g/mol. The maximum Gasteiger partial charge on any atom is 0.0900 e. The van der Waals surface area contributed by atoms with Gasteiger partial charge in [-0.2, -0.15) is 0 Å². The van der Waals surface area contributed by atoms with Gasteiger partial charge >= 0.3 is 0 Å². The lowest BCUT2D eigenvalue weighted by Gasteiger charge is -2.15. The van der Waals surface area contributed by atoms with Gasteiger partial charge < -0.3 is 0 Å². The van der Waals surface area contributed by atoms with Crippen molar-refractivity contribution in [3.05, 3.63) is 164 Å². The molecular formula is C44H31N3. The molecule has 3 heteroatoms. The van der Waals surface area contributed by atoms with Gasteiger partial charge in [-0.3, -0.25) is 9.98 Å². The molecule has 0 bridgehead atoms. The minimum absolute atomic E-state index is 0.779. The molecule has 47 heavy (non-hydrogen) atoms. The molecule has 3 nitrogen and oxygen atoms in total. The van der Waals surface area contributed by atoms with Crippen molar-refractivity contribution in [2.24, 2.45) is 4.99 Å². The molecule has 0 saturated heterocycles. The number of pyridine rings is 2. The molecular weight excluding hydrogens is 571 g/mol. The third-order valence-corrected chi connectivity index (χ3v) is 8.84. The normalized spacial score (nSPS) is 12.1. The number of aromatic nitrogens is 2. The Balaban J connectivity index is 1.23. The first kappa shape index (κ1) is 28.3. The van der Waals surface area contributed by atoms with Crippen molar-refractivity contribution >= 4 is 44.2 Å². The topological polar surface area (TPSA) is 38.1 Å². The number of aliphatic imine (C=N–C) groups is 1. The minimum atomic E-state index is 0.779.